The van der Waals surface area contributed by atoms with Gasteiger partial charge in [0.25, 0.3) is 10.1 Å². The van der Waals surface area contributed by atoms with Gasteiger partial charge in [0.2, 0.25) is 0 Å². The molecule has 0 aromatic heterocycles. The third-order valence-electron chi connectivity index (χ3n) is 3.04. The molecule has 1 N–H and O–H groups in total. The van der Waals surface area contributed by atoms with Gasteiger partial charge in [-0.25, -0.2) is 0 Å². The predicted octanol–water partition coefficient (Wildman–Crippen LogP) is 0.953. The molecule has 104 valence electrons. The van der Waals surface area contributed by atoms with Gasteiger partial charge in [-0.05, 0) is 30.5 Å². The van der Waals surface area contributed by atoms with E-state index < -0.39 is 10.1 Å². The first-order valence-corrected chi connectivity index (χ1v) is 8.04. The number of hydrogen-bond acceptors (Lipinski definition) is 2. The predicted molar refractivity (Wildman–Crippen MR) is 74.4 cm³/mol. The summed E-state index contributed by atoms with van der Waals surface area (Å²) in [5.41, 5.74) is 1.12. The van der Waals surface area contributed by atoms with Gasteiger partial charge < -0.3 is 1.43 Å². The van der Waals surface area contributed by atoms with Crippen molar-refractivity contribution in [2.45, 2.75) is 56.8 Å². The molecular weight excluding hydrogens is 287 g/mol. The summed E-state index contributed by atoms with van der Waals surface area (Å²) in [5, 5.41) is 0. The number of unbranched alkanes of at least 4 members (excludes halogenated alkanes) is 5. The average Bonchev–Trinajstić information content (AvgIpc) is 2.33. The minimum absolute atomic E-state index is 0. The Hall–Kier alpha value is 0.766. The van der Waals surface area contributed by atoms with Crippen LogP contribution in [0, 0.1) is 0 Å². The minimum Gasteiger partial charge on any atom is -1.00 e. The molecule has 19 heavy (non-hydrogen) atoms. The molecule has 0 unspecified atom stereocenters. The molecule has 0 aliphatic rings. The second-order valence-corrected chi connectivity index (χ2v) is 6.06. The van der Waals surface area contributed by atoms with Gasteiger partial charge in [0.05, 0.1) is 4.90 Å². The van der Waals surface area contributed by atoms with E-state index in [1.807, 2.05) is 0 Å². The van der Waals surface area contributed by atoms with Crippen molar-refractivity contribution in [3.05, 3.63) is 29.8 Å². The fraction of sp³-hybridized carbons (Fsp3) is 0.571. The zero-order chi connectivity index (χ0) is 13.4. The molecule has 5 heteroatoms. The van der Waals surface area contributed by atoms with Crippen LogP contribution in [0.3, 0.4) is 0 Å². The van der Waals surface area contributed by atoms with Crippen molar-refractivity contribution in [2.24, 2.45) is 0 Å². The maximum atomic E-state index is 10.9. The molecule has 0 radical (unpaired) electrons. The topological polar surface area (TPSA) is 54.4 Å². The zero-order valence-corrected chi connectivity index (χ0v) is 15.9. The van der Waals surface area contributed by atoms with Crippen LogP contribution < -0.4 is 51.4 Å². The molecule has 3 nitrogen and oxygen atoms in total. The first-order chi connectivity index (χ1) is 8.54. The average molecular weight is 310 g/mol. The summed E-state index contributed by atoms with van der Waals surface area (Å²) in [6.45, 7) is 2.21. The molecule has 0 bridgehead atoms. The molecule has 1 rings (SSSR count). The van der Waals surface area contributed by atoms with Crippen molar-refractivity contribution >= 4 is 10.1 Å². The Morgan fingerprint density at radius 2 is 1.53 bits per heavy atom. The van der Waals surface area contributed by atoms with Crippen molar-refractivity contribution in [3.8, 4) is 0 Å². The molecule has 0 heterocycles. The van der Waals surface area contributed by atoms with Gasteiger partial charge >= 0.3 is 51.4 Å². The van der Waals surface area contributed by atoms with Gasteiger partial charge in [-0.15, -0.1) is 0 Å². The van der Waals surface area contributed by atoms with Crippen LogP contribution in [0.2, 0.25) is 0 Å². The van der Waals surface area contributed by atoms with E-state index in [9.17, 15) is 8.42 Å². The van der Waals surface area contributed by atoms with Crippen LogP contribution in [0.15, 0.2) is 29.2 Å². The second kappa shape index (κ2) is 10.5. The van der Waals surface area contributed by atoms with Crippen LogP contribution in [-0.2, 0) is 16.5 Å². The van der Waals surface area contributed by atoms with Crippen molar-refractivity contribution in [2.75, 3.05) is 0 Å². The van der Waals surface area contributed by atoms with Gasteiger partial charge in [0.15, 0.2) is 0 Å². The van der Waals surface area contributed by atoms with E-state index in [0.717, 1.165) is 18.4 Å². The standard InChI is InChI=1S/C14H22O3S.K.H/c1-2-3-4-5-6-7-8-13-9-11-14(12-10-13)18(15,16)17;;/h9-12H,2-8H2,1H3,(H,15,16,17);;/q;+1;-1. The SMILES string of the molecule is CCCCCCCCc1ccc(S(=O)(=O)O)cc1.[H-].[K+]. The number of benzene rings is 1. The van der Waals surface area contributed by atoms with Crippen LogP contribution in [0.4, 0.5) is 0 Å². The van der Waals surface area contributed by atoms with E-state index in [-0.39, 0.29) is 57.7 Å². The smallest absolute Gasteiger partial charge is 1.00 e. The molecule has 1 aromatic carbocycles. The molecule has 0 fully saturated rings. The van der Waals surface area contributed by atoms with E-state index in [2.05, 4.69) is 6.92 Å². The second-order valence-electron chi connectivity index (χ2n) is 4.64. The molecule has 0 aliphatic carbocycles. The molecule has 1 aromatic rings. The van der Waals surface area contributed by atoms with Gasteiger partial charge in [-0.2, -0.15) is 8.42 Å². The monoisotopic (exact) mass is 310 g/mol. The fourth-order valence-electron chi connectivity index (χ4n) is 1.94. The van der Waals surface area contributed by atoms with Crippen molar-refractivity contribution in [3.63, 3.8) is 0 Å². The van der Waals surface area contributed by atoms with E-state index in [4.69, 9.17) is 4.55 Å². The number of rotatable bonds is 8. The van der Waals surface area contributed by atoms with Crippen molar-refractivity contribution < 1.29 is 65.8 Å². The Kier molecular flexibility index (Phi) is 10.9. The summed E-state index contributed by atoms with van der Waals surface area (Å²) in [6.07, 6.45) is 8.47. The number of hydrogen-bond donors (Lipinski definition) is 1. The van der Waals surface area contributed by atoms with Crippen molar-refractivity contribution in [1.29, 1.82) is 0 Å². The third-order valence-corrected chi connectivity index (χ3v) is 3.91. The van der Waals surface area contributed by atoms with Crippen LogP contribution in [0.25, 0.3) is 0 Å². The Morgan fingerprint density at radius 3 is 2.05 bits per heavy atom. The molecule has 0 saturated heterocycles. The molecule has 0 atom stereocenters. The summed E-state index contributed by atoms with van der Waals surface area (Å²) >= 11 is 0. The van der Waals surface area contributed by atoms with Gasteiger partial charge in [-0.1, -0.05) is 51.2 Å². The fourth-order valence-corrected chi connectivity index (χ4v) is 2.42. The van der Waals surface area contributed by atoms with E-state index >= 15 is 0 Å². The summed E-state index contributed by atoms with van der Waals surface area (Å²) < 4.78 is 30.6. The summed E-state index contributed by atoms with van der Waals surface area (Å²) in [7, 11) is -4.06. The Balaban J connectivity index is 0. The molecule has 0 aliphatic heterocycles. The summed E-state index contributed by atoms with van der Waals surface area (Å²) in [6, 6.07) is 6.47. The Labute approximate surface area is 160 Å². The number of aryl methyl sites for hydroxylation is 1. The Morgan fingerprint density at radius 1 is 1.00 bits per heavy atom. The summed E-state index contributed by atoms with van der Waals surface area (Å²) in [4.78, 5) is -0.0332. The van der Waals surface area contributed by atoms with E-state index in [1.54, 1.807) is 12.1 Å². The van der Waals surface area contributed by atoms with Gasteiger partial charge in [0.1, 0.15) is 0 Å². The van der Waals surface area contributed by atoms with Gasteiger partial charge in [-0.3, -0.25) is 4.55 Å². The first kappa shape index (κ1) is 19.8. The normalized spacial score (nSPS) is 11.1. The van der Waals surface area contributed by atoms with Crippen LogP contribution in [0.1, 0.15) is 52.4 Å². The van der Waals surface area contributed by atoms with E-state index in [1.165, 1.54) is 44.2 Å². The van der Waals surface area contributed by atoms with Gasteiger partial charge in [0, 0.05) is 0 Å². The molecule has 0 saturated carbocycles. The molecule has 0 spiro atoms. The minimum atomic E-state index is -4.06. The third kappa shape index (κ3) is 8.60. The van der Waals surface area contributed by atoms with Crippen LogP contribution >= 0.6 is 0 Å². The first-order valence-electron chi connectivity index (χ1n) is 6.60. The summed E-state index contributed by atoms with van der Waals surface area (Å²) in [5.74, 6) is 0. The molecular formula is C14H23KO3S. The van der Waals surface area contributed by atoms with E-state index in [0.29, 0.717) is 0 Å². The zero-order valence-electron chi connectivity index (χ0n) is 12.9. The maximum absolute atomic E-state index is 10.9. The Bertz CT molecular complexity index is 446. The quantitative estimate of drug-likeness (QED) is 0.442. The van der Waals surface area contributed by atoms with Crippen molar-refractivity contribution in [1.82, 2.24) is 0 Å². The molecule has 0 amide bonds. The maximum Gasteiger partial charge on any atom is 1.00 e. The van der Waals surface area contributed by atoms with Crippen LogP contribution in [-0.4, -0.2) is 13.0 Å². The van der Waals surface area contributed by atoms with Crippen LogP contribution in [0.5, 0.6) is 0 Å². The largest absolute Gasteiger partial charge is 1.00 e.